The molecule has 1 aliphatic carbocycles. The smallest absolute Gasteiger partial charge is 0.274 e. The molecule has 1 fully saturated rings. The number of amides is 1. The number of nitrogens with one attached hydrogen (secondary N) is 1. The fourth-order valence-electron chi connectivity index (χ4n) is 1.22. The molecule has 1 atom stereocenters. The SMILES string of the molecule is O=C(NS(=O)(=O)c1sccc1Cl)C1CC1(Cl)Cl. The molecule has 0 spiro atoms. The fourth-order valence-corrected chi connectivity index (χ4v) is 4.43. The van der Waals surface area contributed by atoms with Crippen LogP contribution in [0, 0.1) is 5.92 Å². The predicted octanol–water partition coefficient (Wildman–Crippen LogP) is 2.40. The van der Waals surface area contributed by atoms with E-state index in [1.54, 1.807) is 0 Å². The second-order valence-corrected chi connectivity index (χ2v) is 8.29. The summed E-state index contributed by atoms with van der Waals surface area (Å²) in [5, 5.41) is 1.60. The van der Waals surface area contributed by atoms with E-state index in [2.05, 4.69) is 0 Å². The molecule has 0 saturated heterocycles. The van der Waals surface area contributed by atoms with Gasteiger partial charge in [-0.1, -0.05) is 11.6 Å². The average Bonchev–Trinajstić information content (AvgIpc) is 2.61. The van der Waals surface area contributed by atoms with E-state index in [-0.39, 0.29) is 15.7 Å². The van der Waals surface area contributed by atoms with Crippen molar-refractivity contribution in [3.05, 3.63) is 16.5 Å². The summed E-state index contributed by atoms with van der Waals surface area (Å²) in [7, 11) is -3.93. The van der Waals surface area contributed by atoms with Crippen LogP contribution in [0.5, 0.6) is 0 Å². The molecular weight excluding hydrogens is 329 g/mol. The molecule has 1 unspecified atom stereocenters. The minimum atomic E-state index is -3.93. The number of hydrogen-bond donors (Lipinski definition) is 1. The molecule has 9 heteroatoms. The number of carbonyl (C=O) groups is 1. The molecule has 0 aromatic carbocycles. The van der Waals surface area contributed by atoms with Crippen molar-refractivity contribution in [3.8, 4) is 0 Å². The van der Waals surface area contributed by atoms with Gasteiger partial charge in [-0.3, -0.25) is 4.79 Å². The third-order valence-corrected chi connectivity index (χ3v) is 6.41. The maximum Gasteiger partial charge on any atom is 0.275 e. The van der Waals surface area contributed by atoms with Crippen molar-refractivity contribution in [1.29, 1.82) is 0 Å². The van der Waals surface area contributed by atoms with Crippen molar-refractivity contribution in [3.63, 3.8) is 0 Å². The molecule has 4 nitrogen and oxygen atoms in total. The van der Waals surface area contributed by atoms with Crippen LogP contribution in [0.1, 0.15) is 6.42 Å². The summed E-state index contributed by atoms with van der Waals surface area (Å²) in [5.41, 5.74) is 0. The van der Waals surface area contributed by atoms with Crippen LogP contribution in [-0.2, 0) is 14.8 Å². The summed E-state index contributed by atoms with van der Waals surface area (Å²) in [6.45, 7) is 0. The number of halogens is 3. The Morgan fingerprint density at radius 1 is 1.53 bits per heavy atom. The molecule has 1 N–H and O–H groups in total. The number of sulfonamides is 1. The molecule has 0 aliphatic heterocycles. The van der Waals surface area contributed by atoms with E-state index in [9.17, 15) is 13.2 Å². The summed E-state index contributed by atoms with van der Waals surface area (Å²) in [6.07, 6.45) is 0.246. The Balaban J connectivity index is 2.14. The second kappa shape index (κ2) is 4.28. The summed E-state index contributed by atoms with van der Waals surface area (Å²) in [6, 6.07) is 1.44. The highest BCUT2D eigenvalue weighted by atomic mass is 35.5. The zero-order valence-electron chi connectivity index (χ0n) is 8.11. The minimum absolute atomic E-state index is 0.0779. The average molecular weight is 335 g/mol. The lowest BCUT2D eigenvalue weighted by Gasteiger charge is -2.05. The van der Waals surface area contributed by atoms with Gasteiger partial charge >= 0.3 is 0 Å². The van der Waals surface area contributed by atoms with Gasteiger partial charge in [0.05, 0.1) is 10.9 Å². The lowest BCUT2D eigenvalue weighted by molar-refractivity contribution is -0.120. The molecule has 0 bridgehead atoms. The van der Waals surface area contributed by atoms with E-state index in [4.69, 9.17) is 34.8 Å². The molecule has 2 rings (SSSR count). The third-order valence-electron chi connectivity index (χ3n) is 2.21. The van der Waals surface area contributed by atoms with E-state index in [0.717, 1.165) is 11.3 Å². The Bertz CT molecular complexity index is 566. The van der Waals surface area contributed by atoms with Crippen molar-refractivity contribution >= 4 is 62.1 Å². The molecule has 17 heavy (non-hydrogen) atoms. The van der Waals surface area contributed by atoms with Gasteiger partial charge in [0.1, 0.15) is 4.33 Å². The number of hydrogen-bond acceptors (Lipinski definition) is 4. The summed E-state index contributed by atoms with van der Waals surface area (Å²) in [4.78, 5) is 11.5. The van der Waals surface area contributed by atoms with Crippen LogP contribution in [-0.4, -0.2) is 18.7 Å². The van der Waals surface area contributed by atoms with Gasteiger partial charge in [-0.05, 0) is 17.9 Å². The largest absolute Gasteiger partial charge is 0.275 e. The maximum absolute atomic E-state index is 11.8. The quantitative estimate of drug-likeness (QED) is 0.863. The van der Waals surface area contributed by atoms with E-state index < -0.39 is 26.2 Å². The van der Waals surface area contributed by atoms with Crippen molar-refractivity contribution in [2.45, 2.75) is 15.0 Å². The van der Waals surface area contributed by atoms with Crippen LogP contribution in [0.3, 0.4) is 0 Å². The van der Waals surface area contributed by atoms with Gasteiger partial charge in [0.2, 0.25) is 5.91 Å². The number of rotatable bonds is 3. The van der Waals surface area contributed by atoms with Crippen LogP contribution in [0.15, 0.2) is 15.7 Å². The van der Waals surface area contributed by atoms with Gasteiger partial charge in [-0.25, -0.2) is 13.1 Å². The summed E-state index contributed by atoms with van der Waals surface area (Å²) < 4.78 is 24.2. The Labute approximate surface area is 117 Å². The first-order valence-electron chi connectivity index (χ1n) is 4.41. The van der Waals surface area contributed by atoms with Gasteiger partial charge in [0.25, 0.3) is 10.0 Å². The molecule has 1 aromatic rings. The number of alkyl halides is 2. The zero-order chi connectivity index (χ0) is 12.8. The molecule has 1 aliphatic rings. The monoisotopic (exact) mass is 333 g/mol. The zero-order valence-corrected chi connectivity index (χ0v) is 12.0. The molecule has 0 radical (unpaired) electrons. The van der Waals surface area contributed by atoms with Crippen LogP contribution in [0.2, 0.25) is 5.02 Å². The maximum atomic E-state index is 11.8. The first kappa shape index (κ1) is 13.4. The van der Waals surface area contributed by atoms with Gasteiger partial charge in [0.15, 0.2) is 4.21 Å². The van der Waals surface area contributed by atoms with Crippen LogP contribution in [0.4, 0.5) is 0 Å². The summed E-state index contributed by atoms with van der Waals surface area (Å²) >= 11 is 18.0. The standard InChI is InChI=1S/C8H6Cl3NO3S2/c9-5-1-2-16-7(5)17(14,15)12-6(13)4-3-8(4,10)11/h1-2,4H,3H2,(H,12,13). The number of carbonyl (C=O) groups excluding carboxylic acids is 1. The van der Waals surface area contributed by atoms with Gasteiger partial charge in [-0.2, -0.15) is 0 Å². The van der Waals surface area contributed by atoms with E-state index in [0.29, 0.717) is 0 Å². The van der Waals surface area contributed by atoms with Gasteiger partial charge < -0.3 is 0 Å². The minimum Gasteiger partial charge on any atom is -0.274 e. The summed E-state index contributed by atoms with van der Waals surface area (Å²) in [5.74, 6) is -1.40. The molecule has 1 saturated carbocycles. The van der Waals surface area contributed by atoms with Crippen molar-refractivity contribution in [2.75, 3.05) is 0 Å². The highest BCUT2D eigenvalue weighted by molar-refractivity contribution is 7.92. The number of thiophene rings is 1. The highest BCUT2D eigenvalue weighted by Crippen LogP contribution is 2.53. The topological polar surface area (TPSA) is 63.2 Å². The molecule has 1 aromatic heterocycles. The lowest BCUT2D eigenvalue weighted by Crippen LogP contribution is -2.32. The first-order valence-corrected chi connectivity index (χ1v) is 7.91. The second-order valence-electron chi connectivity index (χ2n) is 3.54. The molecular formula is C8H6Cl3NO3S2. The normalized spacial score (nSPS) is 22.2. The van der Waals surface area contributed by atoms with Crippen molar-refractivity contribution in [2.24, 2.45) is 5.92 Å². The van der Waals surface area contributed by atoms with Crippen molar-refractivity contribution in [1.82, 2.24) is 4.72 Å². The predicted molar refractivity (Wildman–Crippen MR) is 67.2 cm³/mol. The Morgan fingerprint density at radius 3 is 2.53 bits per heavy atom. The molecule has 1 amide bonds. The molecule has 94 valence electrons. The van der Waals surface area contributed by atoms with E-state index >= 15 is 0 Å². The first-order chi connectivity index (χ1) is 7.74. The Morgan fingerprint density at radius 2 is 2.12 bits per heavy atom. The van der Waals surface area contributed by atoms with Crippen LogP contribution >= 0.6 is 46.1 Å². The Hall–Kier alpha value is -0.0100. The fraction of sp³-hybridized carbons (Fsp3) is 0.375. The van der Waals surface area contributed by atoms with Crippen molar-refractivity contribution < 1.29 is 13.2 Å². The van der Waals surface area contributed by atoms with E-state index in [1.165, 1.54) is 11.4 Å². The van der Waals surface area contributed by atoms with Crippen LogP contribution < -0.4 is 4.72 Å². The van der Waals surface area contributed by atoms with E-state index in [1.807, 2.05) is 4.72 Å². The Kier molecular flexibility index (Phi) is 3.38. The lowest BCUT2D eigenvalue weighted by atomic mass is 10.4. The molecule has 1 heterocycles. The third kappa shape index (κ3) is 2.71. The highest BCUT2D eigenvalue weighted by Gasteiger charge is 2.57. The van der Waals surface area contributed by atoms with Crippen LogP contribution in [0.25, 0.3) is 0 Å². The van der Waals surface area contributed by atoms with Gasteiger partial charge in [0, 0.05) is 0 Å². The van der Waals surface area contributed by atoms with Gasteiger partial charge in [-0.15, -0.1) is 34.5 Å².